The first-order valence-corrected chi connectivity index (χ1v) is 13.8. The fourth-order valence-electron chi connectivity index (χ4n) is 4.97. The Morgan fingerprint density at radius 1 is 0.923 bits per heavy atom. The van der Waals surface area contributed by atoms with Gasteiger partial charge in [0.05, 0.1) is 11.0 Å². The Kier molecular flexibility index (Phi) is 10.4. The van der Waals surface area contributed by atoms with Crippen LogP contribution in [0.5, 0.6) is 0 Å². The number of benzene rings is 2. The third-order valence-electron chi connectivity index (χ3n) is 7.13. The van der Waals surface area contributed by atoms with Gasteiger partial charge in [-0.05, 0) is 69.0 Å². The smallest absolute Gasteiger partial charge is 0.321 e. The van der Waals surface area contributed by atoms with Crippen LogP contribution in [-0.2, 0) is 24.2 Å². The standard InChI is InChI=1S/C29H38N6O4/c36-27(33-39)11-5-2-6-16-30-29(38)32-28(37)23-13-14-25-24(21-23)31-26(15-12-22-9-3-1-4-10-22)35(25)20-19-34-17-7-8-18-34/h1,3-4,9-10,13-14,21,39H,2,5-8,11-12,15-20H2,(H,33,36)(H2,30,32,37,38). The maximum absolute atomic E-state index is 12.8. The number of imidazole rings is 1. The number of aromatic nitrogens is 2. The number of aryl methyl sites for hydroxylation is 2. The first kappa shape index (κ1) is 28.3. The first-order valence-electron chi connectivity index (χ1n) is 13.8. The van der Waals surface area contributed by atoms with Crippen molar-refractivity contribution >= 4 is 28.9 Å². The van der Waals surface area contributed by atoms with Crippen LogP contribution in [0.3, 0.4) is 0 Å². The summed E-state index contributed by atoms with van der Waals surface area (Å²) in [5.74, 6) is 0.0919. The lowest BCUT2D eigenvalue weighted by atomic mass is 10.1. The minimum absolute atomic E-state index is 0.228. The number of urea groups is 1. The summed E-state index contributed by atoms with van der Waals surface area (Å²) in [5, 5.41) is 13.5. The lowest BCUT2D eigenvalue weighted by Gasteiger charge is -2.17. The molecule has 0 aliphatic carbocycles. The quantitative estimate of drug-likeness (QED) is 0.151. The van der Waals surface area contributed by atoms with E-state index in [4.69, 9.17) is 10.2 Å². The Balaban J connectivity index is 1.37. The zero-order chi connectivity index (χ0) is 27.5. The third-order valence-corrected chi connectivity index (χ3v) is 7.13. The molecule has 4 amide bonds. The van der Waals surface area contributed by atoms with Crippen LogP contribution in [0.4, 0.5) is 4.79 Å². The lowest BCUT2D eigenvalue weighted by molar-refractivity contribution is -0.129. The van der Waals surface area contributed by atoms with E-state index in [0.29, 0.717) is 31.4 Å². The van der Waals surface area contributed by atoms with Crippen molar-refractivity contribution in [3.8, 4) is 0 Å². The minimum atomic E-state index is -0.562. The second-order valence-electron chi connectivity index (χ2n) is 9.97. The molecule has 0 atom stereocenters. The topological polar surface area (TPSA) is 129 Å². The van der Waals surface area contributed by atoms with E-state index >= 15 is 0 Å². The van der Waals surface area contributed by atoms with E-state index in [1.807, 2.05) is 24.3 Å². The Morgan fingerprint density at radius 3 is 2.49 bits per heavy atom. The van der Waals surface area contributed by atoms with Crippen LogP contribution in [0.1, 0.15) is 60.3 Å². The van der Waals surface area contributed by atoms with Gasteiger partial charge in [-0.3, -0.25) is 20.1 Å². The highest BCUT2D eigenvalue weighted by Gasteiger charge is 2.17. The van der Waals surface area contributed by atoms with Crippen molar-refractivity contribution in [1.82, 2.24) is 30.6 Å². The molecular weight excluding hydrogens is 496 g/mol. The molecule has 208 valence electrons. The summed E-state index contributed by atoms with van der Waals surface area (Å²) in [5.41, 5.74) is 4.98. The molecule has 0 unspecified atom stereocenters. The average molecular weight is 535 g/mol. The van der Waals surface area contributed by atoms with E-state index < -0.39 is 17.8 Å². The average Bonchev–Trinajstić information content (AvgIpc) is 3.60. The number of rotatable bonds is 13. The van der Waals surface area contributed by atoms with E-state index in [2.05, 4.69) is 32.2 Å². The Labute approximate surface area is 228 Å². The zero-order valence-electron chi connectivity index (χ0n) is 22.3. The number of fused-ring (bicyclic) bond motifs is 1. The molecule has 4 N–H and O–H groups in total. The number of carbonyl (C=O) groups is 3. The first-order chi connectivity index (χ1) is 19.0. The monoisotopic (exact) mass is 534 g/mol. The highest BCUT2D eigenvalue weighted by atomic mass is 16.5. The van der Waals surface area contributed by atoms with Crippen LogP contribution in [0.25, 0.3) is 11.0 Å². The van der Waals surface area contributed by atoms with Gasteiger partial charge in [0.1, 0.15) is 5.82 Å². The molecule has 1 saturated heterocycles. The maximum atomic E-state index is 12.8. The number of likely N-dealkylation sites (tertiary alicyclic amines) is 1. The number of amides is 4. The minimum Gasteiger partial charge on any atom is -0.338 e. The number of hydrogen-bond donors (Lipinski definition) is 4. The van der Waals surface area contributed by atoms with E-state index in [1.165, 1.54) is 18.4 Å². The van der Waals surface area contributed by atoms with Gasteiger partial charge in [0.15, 0.2) is 0 Å². The highest BCUT2D eigenvalue weighted by Crippen LogP contribution is 2.20. The molecule has 1 aromatic heterocycles. The van der Waals surface area contributed by atoms with Gasteiger partial charge in [-0.15, -0.1) is 0 Å². The number of nitrogens with one attached hydrogen (secondary N) is 3. The fourth-order valence-corrected chi connectivity index (χ4v) is 4.97. The number of nitrogens with zero attached hydrogens (tertiary/aromatic N) is 3. The van der Waals surface area contributed by atoms with Gasteiger partial charge in [-0.2, -0.15) is 0 Å². The van der Waals surface area contributed by atoms with Gasteiger partial charge in [0, 0.05) is 38.0 Å². The molecule has 0 spiro atoms. The number of unbranched alkanes of at least 4 members (excludes halogenated alkanes) is 2. The molecule has 0 bridgehead atoms. The summed E-state index contributed by atoms with van der Waals surface area (Å²) >= 11 is 0. The van der Waals surface area contributed by atoms with Gasteiger partial charge in [-0.25, -0.2) is 15.3 Å². The molecule has 4 rings (SSSR count). The molecule has 2 heterocycles. The van der Waals surface area contributed by atoms with Crippen molar-refractivity contribution in [2.24, 2.45) is 0 Å². The van der Waals surface area contributed by atoms with Crippen molar-refractivity contribution in [1.29, 1.82) is 0 Å². The van der Waals surface area contributed by atoms with Crippen LogP contribution < -0.4 is 16.1 Å². The molecule has 1 fully saturated rings. The van der Waals surface area contributed by atoms with Gasteiger partial charge >= 0.3 is 6.03 Å². The predicted molar refractivity (Wildman–Crippen MR) is 149 cm³/mol. The Morgan fingerprint density at radius 2 is 1.72 bits per heavy atom. The second-order valence-corrected chi connectivity index (χ2v) is 9.97. The normalized spacial score (nSPS) is 13.5. The maximum Gasteiger partial charge on any atom is 0.321 e. The van der Waals surface area contributed by atoms with Crippen LogP contribution in [0.15, 0.2) is 48.5 Å². The number of hydrogen-bond acceptors (Lipinski definition) is 6. The summed E-state index contributed by atoms with van der Waals surface area (Å²) in [7, 11) is 0. The van der Waals surface area contributed by atoms with Gasteiger partial charge in [-0.1, -0.05) is 36.8 Å². The van der Waals surface area contributed by atoms with Crippen LogP contribution in [0.2, 0.25) is 0 Å². The lowest BCUT2D eigenvalue weighted by Crippen LogP contribution is -2.39. The van der Waals surface area contributed by atoms with Crippen molar-refractivity contribution in [3.63, 3.8) is 0 Å². The van der Waals surface area contributed by atoms with Gasteiger partial charge in [0.2, 0.25) is 5.91 Å². The molecule has 10 heteroatoms. The Hall–Kier alpha value is -3.76. The number of imide groups is 1. The number of hydroxylamine groups is 1. The van der Waals surface area contributed by atoms with Crippen molar-refractivity contribution in [2.45, 2.75) is 57.9 Å². The summed E-state index contributed by atoms with van der Waals surface area (Å²) in [4.78, 5) is 43.4. The summed E-state index contributed by atoms with van der Waals surface area (Å²) < 4.78 is 2.27. The Bertz CT molecular complexity index is 1250. The molecule has 1 aliphatic heterocycles. The highest BCUT2D eigenvalue weighted by molar-refractivity contribution is 6.05. The van der Waals surface area contributed by atoms with Crippen molar-refractivity contribution < 1.29 is 19.6 Å². The van der Waals surface area contributed by atoms with Crippen LogP contribution in [-0.4, -0.2) is 63.7 Å². The summed E-state index contributed by atoms with van der Waals surface area (Å²) in [6, 6.07) is 15.2. The largest absolute Gasteiger partial charge is 0.338 e. The molecule has 0 saturated carbocycles. The molecule has 2 aromatic carbocycles. The van der Waals surface area contributed by atoms with E-state index in [9.17, 15) is 14.4 Å². The van der Waals surface area contributed by atoms with Crippen LogP contribution in [0, 0.1) is 0 Å². The zero-order valence-corrected chi connectivity index (χ0v) is 22.3. The molecule has 10 nitrogen and oxygen atoms in total. The second kappa shape index (κ2) is 14.4. The molecule has 39 heavy (non-hydrogen) atoms. The summed E-state index contributed by atoms with van der Waals surface area (Å²) in [6.07, 6.45) is 6.39. The molecule has 1 aliphatic rings. The van der Waals surface area contributed by atoms with Crippen molar-refractivity contribution in [2.75, 3.05) is 26.2 Å². The van der Waals surface area contributed by atoms with E-state index in [1.54, 1.807) is 17.6 Å². The van der Waals surface area contributed by atoms with Crippen molar-refractivity contribution in [3.05, 3.63) is 65.5 Å². The molecular formula is C29H38N6O4. The molecule has 3 aromatic rings. The summed E-state index contributed by atoms with van der Waals surface area (Å²) in [6.45, 7) is 4.48. The van der Waals surface area contributed by atoms with Crippen LogP contribution >= 0.6 is 0 Å². The van der Waals surface area contributed by atoms with E-state index in [-0.39, 0.29) is 6.42 Å². The van der Waals surface area contributed by atoms with Gasteiger partial charge < -0.3 is 14.8 Å². The SMILES string of the molecule is O=C(CCCCCNC(=O)NC(=O)c1ccc2c(c1)nc(CCc1ccccc1)n2CCN1CCCC1)NO. The van der Waals surface area contributed by atoms with E-state index in [0.717, 1.165) is 55.9 Å². The third kappa shape index (κ3) is 8.36. The number of carbonyl (C=O) groups excluding carboxylic acids is 3. The predicted octanol–water partition coefficient (Wildman–Crippen LogP) is 3.42. The molecule has 0 radical (unpaired) electrons. The van der Waals surface area contributed by atoms with Gasteiger partial charge in [0.25, 0.3) is 5.91 Å². The fraction of sp³-hybridized carbons (Fsp3) is 0.448.